The Morgan fingerprint density at radius 1 is 0.700 bits per heavy atom. The number of unbranched alkanes of at least 4 members (excludes halogenated alkanes) is 7. The quantitative estimate of drug-likeness (QED) is 0.0415. The van der Waals surface area contributed by atoms with E-state index in [0.29, 0.717) is 0 Å². The van der Waals surface area contributed by atoms with Gasteiger partial charge in [0.1, 0.15) is 0 Å². The summed E-state index contributed by atoms with van der Waals surface area (Å²) in [5, 5.41) is 2.56. The number of benzene rings is 2. The third-order valence-electron chi connectivity index (χ3n) is 7.21. The molecule has 0 heterocycles. The van der Waals surface area contributed by atoms with E-state index >= 15 is 0 Å². The predicted octanol–water partition coefficient (Wildman–Crippen LogP) is 11.7. The van der Waals surface area contributed by atoms with E-state index in [2.05, 4.69) is 101 Å². The van der Waals surface area contributed by atoms with Crippen LogP contribution in [0.3, 0.4) is 0 Å². The summed E-state index contributed by atoms with van der Waals surface area (Å²) in [7, 11) is 0. The minimum absolute atomic E-state index is 0.863. The van der Waals surface area contributed by atoms with Crippen molar-refractivity contribution in [2.45, 2.75) is 136 Å². The van der Waals surface area contributed by atoms with Crippen LogP contribution in [0.4, 0.5) is 0 Å². The zero-order chi connectivity index (χ0) is 29.4. The molecule has 2 nitrogen and oxygen atoms in total. The second-order valence-electron chi connectivity index (χ2n) is 10.4. The van der Waals surface area contributed by atoms with Gasteiger partial charge in [-0.25, -0.2) is 0 Å². The molecular formula is C37H56N2Ni. The van der Waals surface area contributed by atoms with E-state index in [1.165, 1.54) is 90.0 Å². The van der Waals surface area contributed by atoms with Gasteiger partial charge in [-0.05, 0) is 78.8 Å². The molecule has 0 spiro atoms. The van der Waals surface area contributed by atoms with Gasteiger partial charge in [0.15, 0.2) is 0 Å². The number of rotatable bonds is 18. The molecule has 0 amide bonds. The van der Waals surface area contributed by atoms with Crippen molar-refractivity contribution in [3.63, 3.8) is 0 Å². The van der Waals surface area contributed by atoms with Gasteiger partial charge in [0, 0.05) is 0 Å². The molecule has 0 saturated heterocycles. The van der Waals surface area contributed by atoms with Gasteiger partial charge in [0.05, 0.1) is 5.57 Å². The van der Waals surface area contributed by atoms with Crippen LogP contribution in [0, 0.1) is 0 Å². The van der Waals surface area contributed by atoms with Crippen molar-refractivity contribution in [2.75, 3.05) is 0 Å². The van der Waals surface area contributed by atoms with E-state index in [1.807, 2.05) is 14.4 Å². The summed E-state index contributed by atoms with van der Waals surface area (Å²) in [5.41, 5.74) is 17.9. The zero-order valence-electron chi connectivity index (χ0n) is 26.4. The standard InChI is InChI=1S/C33H46N2.2C2H5.Ni/c1-5-8-11-12-13-14-17-28-21-23-30(24-22-28)33(27(4)32(26-35-34)19-10-7-3)31-20-15-18-29(25-31)16-9-6-2;2*1-2;/h15,18,20-25H,5-14,16-17,19H2,1-4H3;2*1H2,2H3;. The molecule has 40 heavy (non-hydrogen) atoms. The number of allylic oxidation sites excluding steroid dienone is 2. The van der Waals surface area contributed by atoms with E-state index in [1.54, 1.807) is 0 Å². The average molecular weight is 588 g/mol. The molecule has 0 aliphatic rings. The van der Waals surface area contributed by atoms with E-state index in [4.69, 9.17) is 0 Å². The Balaban J connectivity index is 0.00000146. The molecule has 3 heteroatoms. The summed E-state index contributed by atoms with van der Waals surface area (Å²) in [5.74, 6) is 2.89. The fourth-order valence-corrected chi connectivity index (χ4v) is 5.35. The molecule has 0 saturated carbocycles. The summed E-state index contributed by atoms with van der Waals surface area (Å²) in [6, 6.07) is 18.1. The maximum absolute atomic E-state index is 9.31. The molecule has 0 N–H and O–H groups in total. The molecule has 0 aliphatic heterocycles. The summed E-state index contributed by atoms with van der Waals surface area (Å²) in [6.07, 6.45) is 15.6. The summed E-state index contributed by atoms with van der Waals surface area (Å²) in [6.45, 7) is 13.2. The number of aryl methyl sites for hydroxylation is 2. The maximum atomic E-state index is 9.31. The van der Waals surface area contributed by atoms with Gasteiger partial charge in [-0.2, -0.15) is 0 Å². The molecule has 0 unspecified atom stereocenters. The summed E-state index contributed by atoms with van der Waals surface area (Å²) in [4.78, 5) is 3.29. The van der Waals surface area contributed by atoms with Gasteiger partial charge in [0.2, 0.25) is 0 Å². The Morgan fingerprint density at radius 3 is 1.93 bits per heavy atom. The Hall–Kier alpha value is -2.17. The van der Waals surface area contributed by atoms with Crippen LogP contribution in [0.15, 0.2) is 59.7 Å². The van der Waals surface area contributed by atoms with Crippen LogP contribution in [0.25, 0.3) is 11.1 Å². The van der Waals surface area contributed by atoms with Crippen molar-refractivity contribution in [1.29, 1.82) is 0 Å². The number of nitrogens with zero attached hydrogens (tertiary/aromatic N) is 2. The van der Waals surface area contributed by atoms with Crippen LogP contribution in [-0.4, -0.2) is 10.7 Å². The molecule has 0 atom stereocenters. The van der Waals surface area contributed by atoms with Crippen LogP contribution in [0.2, 0.25) is 10.8 Å². The average Bonchev–Trinajstić information content (AvgIpc) is 2.98. The van der Waals surface area contributed by atoms with Crippen LogP contribution in [0.5, 0.6) is 0 Å². The van der Waals surface area contributed by atoms with Crippen LogP contribution in [0.1, 0.15) is 134 Å². The van der Waals surface area contributed by atoms with Crippen molar-refractivity contribution < 1.29 is 19.2 Å². The van der Waals surface area contributed by atoms with Crippen LogP contribution >= 0.6 is 0 Å². The third kappa shape index (κ3) is 14.5. The summed E-state index contributed by atoms with van der Waals surface area (Å²) < 4.78 is 0. The SMILES string of the molecule is CCCCCCCCc1ccc(C(=C(C)C(=C=[N+]=[N-])CCCC)c2cccc(CCCC)c2)cc1.C[CH2][Ni][CH2]C. The fourth-order valence-electron chi connectivity index (χ4n) is 4.86. The Kier molecular flexibility index (Phi) is 21.1. The number of hydrogen-bond acceptors (Lipinski definition) is 0. The molecule has 2 aromatic carbocycles. The molecule has 0 radical (unpaired) electrons. The van der Waals surface area contributed by atoms with Gasteiger partial charge in [-0.1, -0.05) is 114 Å². The third-order valence-corrected chi connectivity index (χ3v) is 8.19. The van der Waals surface area contributed by atoms with Crippen molar-refractivity contribution in [3.8, 4) is 0 Å². The molecule has 2 rings (SSSR count). The van der Waals surface area contributed by atoms with E-state index in [0.717, 1.165) is 43.3 Å². The molecule has 224 valence electrons. The topological polar surface area (TPSA) is 36.4 Å². The molecule has 2 aromatic rings. The van der Waals surface area contributed by atoms with Crippen molar-refractivity contribution in [2.24, 2.45) is 0 Å². The molecule has 0 aliphatic carbocycles. The zero-order valence-corrected chi connectivity index (χ0v) is 27.4. The minimum atomic E-state index is 0.863. The van der Waals surface area contributed by atoms with E-state index < -0.39 is 0 Å². The van der Waals surface area contributed by atoms with Crippen LogP contribution < -0.4 is 0 Å². The van der Waals surface area contributed by atoms with Crippen molar-refractivity contribution in [3.05, 3.63) is 87.5 Å². The second kappa shape index (κ2) is 23.5. The first-order valence-corrected chi connectivity index (χ1v) is 17.3. The van der Waals surface area contributed by atoms with Gasteiger partial charge in [0.25, 0.3) is 0 Å². The Bertz CT molecular complexity index is 1050. The molecular weight excluding hydrogens is 531 g/mol. The predicted molar refractivity (Wildman–Crippen MR) is 173 cm³/mol. The van der Waals surface area contributed by atoms with Gasteiger partial charge >= 0.3 is 44.9 Å². The first-order chi connectivity index (χ1) is 19.6. The fraction of sp³-hybridized carbons (Fsp3) is 0.568. The van der Waals surface area contributed by atoms with E-state index in [9.17, 15) is 5.53 Å². The Labute approximate surface area is 253 Å². The molecule has 0 fully saturated rings. The second-order valence-corrected chi connectivity index (χ2v) is 12.3. The molecule has 0 aromatic heterocycles. The summed E-state index contributed by atoms with van der Waals surface area (Å²) >= 11 is 1.82. The van der Waals surface area contributed by atoms with Crippen molar-refractivity contribution in [1.82, 2.24) is 0 Å². The van der Waals surface area contributed by atoms with E-state index in [-0.39, 0.29) is 0 Å². The Morgan fingerprint density at radius 2 is 1.32 bits per heavy atom. The first-order valence-electron chi connectivity index (χ1n) is 15.9. The van der Waals surface area contributed by atoms with Crippen LogP contribution in [-0.2, 0) is 27.3 Å². The molecule has 0 bridgehead atoms. The monoisotopic (exact) mass is 586 g/mol. The van der Waals surface area contributed by atoms with Gasteiger partial charge < -0.3 is 5.53 Å². The van der Waals surface area contributed by atoms with Gasteiger partial charge in [-0.15, -0.1) is 4.79 Å². The first kappa shape index (κ1) is 35.9. The van der Waals surface area contributed by atoms with Gasteiger partial charge in [-0.3, -0.25) is 0 Å². The van der Waals surface area contributed by atoms with Crippen molar-refractivity contribution >= 4 is 11.4 Å². The normalized spacial score (nSPS) is 11.2. The number of hydrogen-bond donors (Lipinski definition) is 0.